The summed E-state index contributed by atoms with van der Waals surface area (Å²) in [5.74, 6) is 0.769. The van der Waals surface area contributed by atoms with Crippen LogP contribution in [0.15, 0.2) is 0 Å². The molecule has 3 atom stereocenters. The Balaban J connectivity index is 1.93. The monoisotopic (exact) mass is 280 g/mol. The molecular formula is C19H36O. The Bertz CT molecular complexity index is 273. The number of ether oxygens (including phenoxy) is 1. The van der Waals surface area contributed by atoms with Gasteiger partial charge in [0.05, 0.1) is 12.2 Å². The van der Waals surface area contributed by atoms with E-state index in [0.717, 1.165) is 5.92 Å². The third-order valence-electron chi connectivity index (χ3n) is 5.53. The van der Waals surface area contributed by atoms with Crippen molar-refractivity contribution in [3.63, 3.8) is 0 Å². The molecule has 0 aromatic heterocycles. The molecular weight excluding hydrogens is 244 g/mol. The first-order valence-corrected chi connectivity index (χ1v) is 9.25. The summed E-state index contributed by atoms with van der Waals surface area (Å²) in [6.45, 7) is 7.18. The van der Waals surface area contributed by atoms with Crippen LogP contribution in [0.2, 0.25) is 0 Å². The molecule has 1 nitrogen and oxygen atoms in total. The van der Waals surface area contributed by atoms with Crippen LogP contribution in [0.1, 0.15) is 97.8 Å². The average molecular weight is 280 g/mol. The maximum absolute atomic E-state index is 6.48. The maximum Gasteiger partial charge on any atom is 0.0633 e. The van der Waals surface area contributed by atoms with Crippen molar-refractivity contribution in [3.05, 3.63) is 0 Å². The number of hydrogen-bond acceptors (Lipinski definition) is 1. The summed E-state index contributed by atoms with van der Waals surface area (Å²) < 4.78 is 6.48. The van der Waals surface area contributed by atoms with Crippen LogP contribution >= 0.6 is 0 Å². The number of fused-ring (bicyclic) bond motifs is 1. The summed E-state index contributed by atoms with van der Waals surface area (Å²) in [5.41, 5.74) is 0.471. The van der Waals surface area contributed by atoms with Gasteiger partial charge < -0.3 is 4.74 Å². The molecule has 0 spiro atoms. The fraction of sp³-hybridized carbons (Fsp3) is 1.00. The second-order valence-electron chi connectivity index (χ2n) is 8.10. The molecule has 1 saturated heterocycles. The van der Waals surface area contributed by atoms with E-state index in [4.69, 9.17) is 4.74 Å². The van der Waals surface area contributed by atoms with Crippen molar-refractivity contribution in [1.82, 2.24) is 0 Å². The second-order valence-corrected chi connectivity index (χ2v) is 8.10. The zero-order valence-electron chi connectivity index (χ0n) is 14.1. The third-order valence-corrected chi connectivity index (χ3v) is 5.53. The normalized spacial score (nSPS) is 37.2. The lowest BCUT2D eigenvalue weighted by Crippen LogP contribution is -2.27. The smallest absolute Gasteiger partial charge is 0.0633 e. The molecule has 0 aromatic rings. The molecule has 2 aliphatic rings. The first-order valence-electron chi connectivity index (χ1n) is 9.25. The molecule has 118 valence electrons. The molecule has 0 amide bonds. The van der Waals surface area contributed by atoms with Crippen molar-refractivity contribution in [2.75, 3.05) is 0 Å². The minimum Gasteiger partial charge on any atom is -0.374 e. The van der Waals surface area contributed by atoms with Gasteiger partial charge in [0, 0.05) is 0 Å². The van der Waals surface area contributed by atoms with Crippen molar-refractivity contribution in [3.8, 4) is 0 Å². The van der Waals surface area contributed by atoms with Gasteiger partial charge in [0.15, 0.2) is 0 Å². The molecule has 1 aliphatic carbocycles. The predicted octanol–water partition coefficient (Wildman–Crippen LogP) is 6.11. The van der Waals surface area contributed by atoms with Gasteiger partial charge in [-0.1, -0.05) is 72.1 Å². The Kier molecular flexibility index (Phi) is 6.39. The molecule has 1 aliphatic heterocycles. The molecule has 1 heterocycles. The molecule has 0 N–H and O–H groups in total. The lowest BCUT2D eigenvalue weighted by Gasteiger charge is -2.30. The molecule has 0 aromatic carbocycles. The van der Waals surface area contributed by atoms with Gasteiger partial charge in [-0.15, -0.1) is 0 Å². The van der Waals surface area contributed by atoms with Crippen LogP contribution in [0.4, 0.5) is 0 Å². The van der Waals surface area contributed by atoms with Gasteiger partial charge in [0.25, 0.3) is 0 Å². The molecule has 1 heteroatoms. The van der Waals surface area contributed by atoms with Gasteiger partial charge in [0.2, 0.25) is 0 Å². The average Bonchev–Trinajstić information content (AvgIpc) is 2.65. The predicted molar refractivity (Wildman–Crippen MR) is 87.0 cm³/mol. The summed E-state index contributed by atoms with van der Waals surface area (Å²) in [6, 6.07) is 0. The van der Waals surface area contributed by atoms with E-state index in [0.29, 0.717) is 17.6 Å². The minimum absolute atomic E-state index is 0.471. The Morgan fingerprint density at radius 2 is 1.55 bits per heavy atom. The van der Waals surface area contributed by atoms with Crippen molar-refractivity contribution < 1.29 is 4.74 Å². The van der Waals surface area contributed by atoms with Gasteiger partial charge in [-0.3, -0.25) is 0 Å². The van der Waals surface area contributed by atoms with Crippen LogP contribution in [0.3, 0.4) is 0 Å². The minimum atomic E-state index is 0.471. The van der Waals surface area contributed by atoms with E-state index in [1.165, 1.54) is 77.0 Å². The van der Waals surface area contributed by atoms with Crippen molar-refractivity contribution in [2.24, 2.45) is 11.3 Å². The standard InChI is InChI=1S/C19H36O/c1-16(2)14-17-15-19(3)13-11-9-7-5-4-6-8-10-12-18(19)20-17/h16-18H,4-15H2,1-3H3. The van der Waals surface area contributed by atoms with E-state index in [-0.39, 0.29) is 0 Å². The number of hydrogen-bond donors (Lipinski definition) is 0. The fourth-order valence-corrected chi connectivity index (χ4v) is 4.36. The summed E-state index contributed by atoms with van der Waals surface area (Å²) in [5, 5.41) is 0. The van der Waals surface area contributed by atoms with Crippen LogP contribution in [-0.4, -0.2) is 12.2 Å². The first kappa shape index (κ1) is 16.3. The molecule has 2 fully saturated rings. The van der Waals surface area contributed by atoms with Gasteiger partial charge in [-0.25, -0.2) is 0 Å². The first-order chi connectivity index (χ1) is 9.60. The number of rotatable bonds is 2. The van der Waals surface area contributed by atoms with E-state index < -0.39 is 0 Å². The van der Waals surface area contributed by atoms with Crippen LogP contribution in [0.5, 0.6) is 0 Å². The zero-order valence-corrected chi connectivity index (χ0v) is 14.1. The fourth-order valence-electron chi connectivity index (χ4n) is 4.36. The van der Waals surface area contributed by atoms with Crippen LogP contribution in [-0.2, 0) is 4.74 Å². The lowest BCUT2D eigenvalue weighted by atomic mass is 9.75. The topological polar surface area (TPSA) is 9.23 Å². The summed E-state index contributed by atoms with van der Waals surface area (Å²) in [4.78, 5) is 0. The van der Waals surface area contributed by atoms with Crippen molar-refractivity contribution in [2.45, 2.75) is 110 Å². The highest BCUT2D eigenvalue weighted by Crippen LogP contribution is 2.46. The van der Waals surface area contributed by atoms with Gasteiger partial charge in [0.1, 0.15) is 0 Å². The largest absolute Gasteiger partial charge is 0.374 e. The van der Waals surface area contributed by atoms with Crippen molar-refractivity contribution in [1.29, 1.82) is 0 Å². The quantitative estimate of drug-likeness (QED) is 0.593. The Hall–Kier alpha value is -0.0400. The molecule has 3 unspecified atom stereocenters. The summed E-state index contributed by atoms with van der Waals surface area (Å²) in [6.07, 6.45) is 17.8. The second kappa shape index (κ2) is 7.82. The van der Waals surface area contributed by atoms with E-state index in [9.17, 15) is 0 Å². The Morgan fingerprint density at radius 3 is 2.20 bits per heavy atom. The highest BCUT2D eigenvalue weighted by Gasteiger charge is 2.43. The van der Waals surface area contributed by atoms with Gasteiger partial charge in [-0.2, -0.15) is 0 Å². The summed E-state index contributed by atoms with van der Waals surface area (Å²) >= 11 is 0. The maximum atomic E-state index is 6.48. The highest BCUT2D eigenvalue weighted by molar-refractivity contribution is 4.92. The molecule has 0 bridgehead atoms. The Morgan fingerprint density at radius 1 is 0.950 bits per heavy atom. The van der Waals surface area contributed by atoms with Gasteiger partial charge in [-0.05, 0) is 37.0 Å². The van der Waals surface area contributed by atoms with Crippen LogP contribution in [0.25, 0.3) is 0 Å². The van der Waals surface area contributed by atoms with Crippen molar-refractivity contribution >= 4 is 0 Å². The lowest BCUT2D eigenvalue weighted by molar-refractivity contribution is -0.000867. The van der Waals surface area contributed by atoms with Gasteiger partial charge >= 0.3 is 0 Å². The van der Waals surface area contributed by atoms with E-state index in [1.54, 1.807) is 0 Å². The SMILES string of the molecule is CC(C)CC1CC2(C)CCCCCCCCCCC2O1. The molecule has 0 radical (unpaired) electrons. The molecule has 20 heavy (non-hydrogen) atoms. The van der Waals surface area contributed by atoms with Crippen LogP contribution < -0.4 is 0 Å². The molecule has 1 saturated carbocycles. The Labute approximate surface area is 126 Å². The highest BCUT2D eigenvalue weighted by atomic mass is 16.5. The zero-order chi connectivity index (χ0) is 14.4. The van der Waals surface area contributed by atoms with E-state index in [1.807, 2.05) is 0 Å². The van der Waals surface area contributed by atoms with E-state index in [2.05, 4.69) is 20.8 Å². The summed E-state index contributed by atoms with van der Waals surface area (Å²) in [7, 11) is 0. The molecule has 2 rings (SSSR count). The van der Waals surface area contributed by atoms with Crippen LogP contribution in [0, 0.1) is 11.3 Å². The van der Waals surface area contributed by atoms with E-state index >= 15 is 0 Å². The third kappa shape index (κ3) is 4.76.